The van der Waals surface area contributed by atoms with E-state index in [4.69, 9.17) is 11.6 Å². The summed E-state index contributed by atoms with van der Waals surface area (Å²) in [6, 6.07) is 6.73. The number of aryl methyl sites for hydroxylation is 1. The summed E-state index contributed by atoms with van der Waals surface area (Å²) in [5.41, 5.74) is 1.00. The van der Waals surface area contributed by atoms with Crippen molar-refractivity contribution in [1.82, 2.24) is 4.98 Å². The zero-order valence-electron chi connectivity index (χ0n) is 10.2. The summed E-state index contributed by atoms with van der Waals surface area (Å²) in [6.45, 7) is 2.00. The smallest absolute Gasteiger partial charge is 0.123 e. The molecule has 0 aliphatic heterocycles. The maximum absolute atomic E-state index is 13.1. The fourth-order valence-corrected chi connectivity index (χ4v) is 3.09. The van der Waals surface area contributed by atoms with Gasteiger partial charge < -0.3 is 0 Å². The van der Waals surface area contributed by atoms with Crippen LogP contribution in [0.4, 0.5) is 4.39 Å². The summed E-state index contributed by atoms with van der Waals surface area (Å²) in [7, 11) is 0. The van der Waals surface area contributed by atoms with Crippen molar-refractivity contribution in [3.8, 4) is 0 Å². The number of benzene rings is 1. The third kappa shape index (κ3) is 3.79. The fourth-order valence-electron chi connectivity index (χ4n) is 1.96. The van der Waals surface area contributed by atoms with Crippen LogP contribution in [0.3, 0.4) is 0 Å². The summed E-state index contributed by atoms with van der Waals surface area (Å²) >= 11 is 7.71. The van der Waals surface area contributed by atoms with Crippen LogP contribution in [-0.4, -0.2) is 10.9 Å². The average Bonchev–Trinajstić information content (AvgIpc) is 2.74. The highest BCUT2D eigenvalue weighted by molar-refractivity contribution is 7.11. The first-order chi connectivity index (χ1) is 8.67. The zero-order valence-corrected chi connectivity index (χ0v) is 11.8. The second kappa shape index (κ2) is 6.30. The second-order valence-corrected chi connectivity index (χ2v) is 6.03. The van der Waals surface area contributed by atoms with E-state index in [1.807, 2.05) is 19.2 Å². The molecule has 0 saturated carbocycles. The van der Waals surface area contributed by atoms with Crippen LogP contribution in [0, 0.1) is 18.7 Å². The van der Waals surface area contributed by atoms with E-state index in [9.17, 15) is 4.39 Å². The van der Waals surface area contributed by atoms with Gasteiger partial charge in [-0.25, -0.2) is 9.37 Å². The van der Waals surface area contributed by atoms with Gasteiger partial charge in [-0.15, -0.1) is 22.9 Å². The lowest BCUT2D eigenvalue weighted by Gasteiger charge is -2.12. The lowest BCUT2D eigenvalue weighted by atomic mass is 9.97. The molecule has 0 fully saturated rings. The van der Waals surface area contributed by atoms with Gasteiger partial charge >= 0.3 is 0 Å². The summed E-state index contributed by atoms with van der Waals surface area (Å²) in [4.78, 5) is 5.49. The van der Waals surface area contributed by atoms with Crippen LogP contribution in [-0.2, 0) is 12.8 Å². The Morgan fingerprint density at radius 1 is 1.39 bits per heavy atom. The Kier molecular flexibility index (Phi) is 4.72. The van der Waals surface area contributed by atoms with Crippen molar-refractivity contribution in [3.05, 3.63) is 51.7 Å². The summed E-state index contributed by atoms with van der Waals surface area (Å²) < 4.78 is 13.1. The van der Waals surface area contributed by atoms with Gasteiger partial charge in [0.15, 0.2) is 0 Å². The van der Waals surface area contributed by atoms with Crippen LogP contribution in [0.5, 0.6) is 0 Å². The van der Waals surface area contributed by atoms with Gasteiger partial charge in [-0.2, -0.15) is 0 Å². The molecule has 1 nitrogen and oxygen atoms in total. The SMILES string of the molecule is Cc1ncc(CC(CCl)Cc2cccc(F)c2)s1. The minimum Gasteiger partial charge on any atom is -0.250 e. The number of hydrogen-bond donors (Lipinski definition) is 0. The normalized spacial score (nSPS) is 12.6. The molecule has 4 heteroatoms. The molecule has 0 aliphatic rings. The third-order valence-corrected chi connectivity index (χ3v) is 4.16. The quantitative estimate of drug-likeness (QED) is 0.748. The number of aromatic nitrogens is 1. The highest BCUT2D eigenvalue weighted by Crippen LogP contribution is 2.20. The molecule has 0 spiro atoms. The highest BCUT2D eigenvalue weighted by Gasteiger charge is 2.11. The molecular formula is C14H15ClFNS. The van der Waals surface area contributed by atoms with E-state index in [1.165, 1.54) is 10.9 Å². The number of thiazole rings is 1. The van der Waals surface area contributed by atoms with Crippen molar-refractivity contribution >= 4 is 22.9 Å². The van der Waals surface area contributed by atoms with Crippen LogP contribution in [0.25, 0.3) is 0 Å². The van der Waals surface area contributed by atoms with E-state index in [-0.39, 0.29) is 5.82 Å². The van der Waals surface area contributed by atoms with Crippen molar-refractivity contribution in [2.75, 3.05) is 5.88 Å². The molecule has 1 aromatic carbocycles. The molecule has 18 heavy (non-hydrogen) atoms. The Hall–Kier alpha value is -0.930. The maximum Gasteiger partial charge on any atom is 0.123 e. The van der Waals surface area contributed by atoms with Crippen molar-refractivity contribution in [1.29, 1.82) is 0 Å². The van der Waals surface area contributed by atoms with E-state index in [0.29, 0.717) is 11.8 Å². The van der Waals surface area contributed by atoms with E-state index in [2.05, 4.69) is 4.98 Å². The highest BCUT2D eigenvalue weighted by atomic mass is 35.5. The van der Waals surface area contributed by atoms with E-state index >= 15 is 0 Å². The minimum atomic E-state index is -0.186. The number of nitrogens with zero attached hydrogens (tertiary/aromatic N) is 1. The molecule has 96 valence electrons. The number of halogens is 2. The zero-order chi connectivity index (χ0) is 13.0. The van der Waals surface area contributed by atoms with Gasteiger partial charge in [-0.05, 0) is 43.4 Å². The monoisotopic (exact) mass is 283 g/mol. The standard InChI is InChI=1S/C14H15ClFNS/c1-10-17-9-14(18-10)7-12(8-15)5-11-3-2-4-13(16)6-11/h2-4,6,9,12H,5,7-8H2,1H3. The molecule has 2 aromatic rings. The van der Waals surface area contributed by atoms with E-state index < -0.39 is 0 Å². The van der Waals surface area contributed by atoms with Crippen LogP contribution in [0.15, 0.2) is 30.5 Å². The second-order valence-electron chi connectivity index (χ2n) is 4.40. The molecule has 0 radical (unpaired) electrons. The third-order valence-electron chi connectivity index (χ3n) is 2.79. The van der Waals surface area contributed by atoms with Gasteiger partial charge in [0, 0.05) is 17.0 Å². The van der Waals surface area contributed by atoms with Gasteiger partial charge in [-0.3, -0.25) is 0 Å². The van der Waals surface area contributed by atoms with Crippen molar-refractivity contribution in [3.63, 3.8) is 0 Å². The van der Waals surface area contributed by atoms with Crippen molar-refractivity contribution in [2.24, 2.45) is 5.92 Å². The molecule has 2 rings (SSSR count). The first-order valence-corrected chi connectivity index (χ1v) is 7.24. The Bertz CT molecular complexity index is 512. The van der Waals surface area contributed by atoms with Crippen LogP contribution in [0.2, 0.25) is 0 Å². The van der Waals surface area contributed by atoms with Crippen molar-refractivity contribution in [2.45, 2.75) is 19.8 Å². The van der Waals surface area contributed by atoms with Crippen molar-refractivity contribution < 1.29 is 4.39 Å². The largest absolute Gasteiger partial charge is 0.250 e. The molecule has 1 unspecified atom stereocenters. The van der Waals surface area contributed by atoms with Crippen LogP contribution >= 0.6 is 22.9 Å². The summed E-state index contributed by atoms with van der Waals surface area (Å²) in [5.74, 6) is 0.718. The summed E-state index contributed by atoms with van der Waals surface area (Å²) in [5, 5.41) is 1.07. The molecule has 1 atom stereocenters. The Balaban J connectivity index is 2.01. The number of alkyl halides is 1. The molecular weight excluding hydrogens is 269 g/mol. The fraction of sp³-hybridized carbons (Fsp3) is 0.357. The molecule has 1 aromatic heterocycles. The predicted octanol–water partition coefficient (Wildman–Crippen LogP) is 4.23. The Labute approximate surface area is 116 Å². The summed E-state index contributed by atoms with van der Waals surface area (Å²) in [6.07, 6.45) is 3.62. The topological polar surface area (TPSA) is 12.9 Å². The van der Waals surface area contributed by atoms with Crippen LogP contribution < -0.4 is 0 Å². The molecule has 0 saturated heterocycles. The van der Waals surface area contributed by atoms with Gasteiger partial charge in [-0.1, -0.05) is 12.1 Å². The van der Waals surface area contributed by atoms with Gasteiger partial charge in [0.1, 0.15) is 5.82 Å². The predicted molar refractivity (Wildman–Crippen MR) is 74.9 cm³/mol. The Morgan fingerprint density at radius 2 is 2.22 bits per heavy atom. The van der Waals surface area contributed by atoms with Gasteiger partial charge in [0.05, 0.1) is 5.01 Å². The Morgan fingerprint density at radius 3 is 2.83 bits per heavy atom. The van der Waals surface area contributed by atoms with Gasteiger partial charge in [0.25, 0.3) is 0 Å². The first-order valence-electron chi connectivity index (χ1n) is 5.89. The molecule has 0 aliphatic carbocycles. The average molecular weight is 284 g/mol. The van der Waals surface area contributed by atoms with Gasteiger partial charge in [0.2, 0.25) is 0 Å². The maximum atomic E-state index is 13.1. The number of hydrogen-bond acceptors (Lipinski definition) is 2. The molecule has 0 amide bonds. The van der Waals surface area contributed by atoms with Crippen LogP contribution in [0.1, 0.15) is 15.4 Å². The molecule has 1 heterocycles. The lowest BCUT2D eigenvalue weighted by Crippen LogP contribution is -2.09. The van der Waals surface area contributed by atoms with E-state index in [0.717, 1.165) is 23.4 Å². The lowest BCUT2D eigenvalue weighted by molar-refractivity contribution is 0.580. The van der Waals surface area contributed by atoms with E-state index in [1.54, 1.807) is 23.5 Å². The molecule has 0 bridgehead atoms. The minimum absolute atomic E-state index is 0.186. The number of rotatable bonds is 5. The molecule has 0 N–H and O–H groups in total. The first kappa shape index (κ1) is 13.5.